The molecule has 4 aromatic rings. The van der Waals surface area contributed by atoms with E-state index in [1.165, 1.54) is 5.01 Å². The molecule has 34 heavy (non-hydrogen) atoms. The van der Waals surface area contributed by atoms with Gasteiger partial charge in [0.1, 0.15) is 18.1 Å². The number of ether oxygens (including phenoxy) is 1. The number of hydrogen-bond donors (Lipinski definition) is 0. The highest BCUT2D eigenvalue weighted by Crippen LogP contribution is 2.31. The molecule has 4 aromatic carbocycles. The second kappa shape index (κ2) is 9.89. The first-order valence-electron chi connectivity index (χ1n) is 10.9. The van der Waals surface area contributed by atoms with Crippen LogP contribution in [0.25, 0.3) is 6.08 Å². The van der Waals surface area contributed by atoms with Crippen LogP contribution >= 0.6 is 15.9 Å². The minimum atomic E-state index is -0.181. The van der Waals surface area contributed by atoms with E-state index in [-0.39, 0.29) is 5.91 Å². The van der Waals surface area contributed by atoms with Gasteiger partial charge in [-0.15, -0.1) is 0 Å². The lowest BCUT2D eigenvalue weighted by Gasteiger charge is -2.12. The average molecular weight is 509 g/mol. The van der Waals surface area contributed by atoms with Crippen LogP contribution in [0.3, 0.4) is 0 Å². The van der Waals surface area contributed by atoms with Crippen molar-refractivity contribution >= 4 is 39.3 Å². The van der Waals surface area contributed by atoms with E-state index in [1.54, 1.807) is 0 Å². The van der Waals surface area contributed by atoms with Crippen LogP contribution in [0.1, 0.15) is 16.7 Å². The minimum absolute atomic E-state index is 0.181. The molecule has 1 aliphatic heterocycles. The van der Waals surface area contributed by atoms with Crippen molar-refractivity contribution in [2.75, 3.05) is 5.01 Å². The summed E-state index contributed by atoms with van der Waals surface area (Å²) in [6, 6.07) is 35.0. The first-order valence-corrected chi connectivity index (χ1v) is 11.7. The van der Waals surface area contributed by atoms with Gasteiger partial charge < -0.3 is 4.74 Å². The van der Waals surface area contributed by atoms with Gasteiger partial charge in [0.25, 0.3) is 5.91 Å². The van der Waals surface area contributed by atoms with Gasteiger partial charge in [0.05, 0.1) is 11.3 Å². The molecule has 0 radical (unpaired) electrons. The van der Waals surface area contributed by atoms with Gasteiger partial charge in [-0.25, -0.2) is 0 Å². The smallest absolute Gasteiger partial charge is 0.281 e. The summed E-state index contributed by atoms with van der Waals surface area (Å²) in [5, 5.41) is 6.17. The van der Waals surface area contributed by atoms with Crippen LogP contribution in [-0.2, 0) is 11.4 Å². The Labute approximate surface area is 206 Å². The number of para-hydroxylation sites is 1. The average Bonchev–Trinajstić information content (AvgIpc) is 3.21. The van der Waals surface area contributed by atoms with E-state index >= 15 is 0 Å². The number of rotatable bonds is 6. The number of nitrogens with zero attached hydrogens (tertiary/aromatic N) is 2. The molecule has 166 valence electrons. The highest BCUT2D eigenvalue weighted by atomic mass is 79.9. The van der Waals surface area contributed by atoms with Gasteiger partial charge >= 0.3 is 0 Å². The predicted octanol–water partition coefficient (Wildman–Crippen LogP) is 6.86. The number of amides is 1. The van der Waals surface area contributed by atoms with E-state index in [9.17, 15) is 4.79 Å². The fraction of sp³-hybridized carbons (Fsp3) is 0.0345. The molecule has 0 aromatic heterocycles. The molecule has 0 bridgehead atoms. The third kappa shape index (κ3) is 4.70. The Kier molecular flexibility index (Phi) is 6.36. The van der Waals surface area contributed by atoms with Crippen molar-refractivity contribution in [2.45, 2.75) is 6.61 Å². The first kappa shape index (κ1) is 21.9. The van der Waals surface area contributed by atoms with Crippen LogP contribution in [0.4, 0.5) is 5.69 Å². The quantitative estimate of drug-likeness (QED) is 0.267. The zero-order valence-electron chi connectivity index (χ0n) is 18.3. The van der Waals surface area contributed by atoms with E-state index in [1.807, 2.05) is 115 Å². The van der Waals surface area contributed by atoms with E-state index in [0.29, 0.717) is 23.6 Å². The fourth-order valence-corrected chi connectivity index (χ4v) is 4.13. The Morgan fingerprint density at radius 2 is 1.47 bits per heavy atom. The Morgan fingerprint density at radius 3 is 2.18 bits per heavy atom. The van der Waals surface area contributed by atoms with Crippen molar-refractivity contribution in [3.8, 4) is 5.75 Å². The van der Waals surface area contributed by atoms with Gasteiger partial charge in [0.15, 0.2) is 0 Å². The zero-order chi connectivity index (χ0) is 23.3. The third-order valence-electron chi connectivity index (χ3n) is 5.43. The highest BCUT2D eigenvalue weighted by molar-refractivity contribution is 9.10. The van der Waals surface area contributed by atoms with E-state index in [4.69, 9.17) is 9.84 Å². The highest BCUT2D eigenvalue weighted by Gasteiger charge is 2.32. The summed E-state index contributed by atoms with van der Waals surface area (Å²) in [6.07, 6.45) is 1.86. The van der Waals surface area contributed by atoms with Crippen LogP contribution in [0.15, 0.2) is 124 Å². The van der Waals surface area contributed by atoms with Crippen molar-refractivity contribution in [1.29, 1.82) is 0 Å². The van der Waals surface area contributed by atoms with Gasteiger partial charge in [0.2, 0.25) is 0 Å². The molecule has 0 aliphatic carbocycles. The molecule has 5 rings (SSSR count). The molecule has 1 amide bonds. The molecule has 0 saturated heterocycles. The van der Waals surface area contributed by atoms with E-state index < -0.39 is 0 Å². The zero-order valence-corrected chi connectivity index (χ0v) is 19.9. The summed E-state index contributed by atoms with van der Waals surface area (Å²) in [7, 11) is 0. The normalized spacial score (nSPS) is 14.4. The Balaban J connectivity index is 1.55. The van der Waals surface area contributed by atoms with Crippen LogP contribution in [-0.4, -0.2) is 11.6 Å². The largest absolute Gasteiger partial charge is 0.488 e. The van der Waals surface area contributed by atoms with Gasteiger partial charge in [0, 0.05) is 15.6 Å². The molecular weight excluding hydrogens is 488 g/mol. The molecular formula is C29H21BrN2O2. The lowest BCUT2D eigenvalue weighted by Crippen LogP contribution is -2.21. The molecule has 0 spiro atoms. The van der Waals surface area contributed by atoms with Gasteiger partial charge in [-0.1, -0.05) is 94.8 Å². The summed E-state index contributed by atoms with van der Waals surface area (Å²) in [4.78, 5) is 13.6. The maximum absolute atomic E-state index is 13.6. The second-order valence-corrected chi connectivity index (χ2v) is 8.70. The summed E-state index contributed by atoms with van der Waals surface area (Å²) in [5.41, 5.74) is 4.61. The van der Waals surface area contributed by atoms with Crippen LogP contribution in [0.5, 0.6) is 5.75 Å². The molecule has 1 heterocycles. The maximum atomic E-state index is 13.6. The Hall–Kier alpha value is -3.96. The predicted molar refractivity (Wildman–Crippen MR) is 140 cm³/mol. The number of carbonyl (C=O) groups is 1. The first-order chi connectivity index (χ1) is 16.7. The molecule has 0 saturated carbocycles. The third-order valence-corrected chi connectivity index (χ3v) is 5.93. The standard InChI is InChI=1S/C29H21BrN2O2/c30-24-16-17-27(34-20-21-10-4-1-5-11-21)23(18-24)19-26-28(22-12-6-2-7-13-22)31-32(29(26)33)25-14-8-3-9-15-25/h1-19H,20H2/b26-19-. The number of anilines is 1. The van der Waals surface area contributed by atoms with Gasteiger partial charge in [-0.2, -0.15) is 10.1 Å². The number of benzene rings is 4. The number of hydrogen-bond acceptors (Lipinski definition) is 3. The number of hydrazone groups is 1. The lowest BCUT2D eigenvalue weighted by atomic mass is 10.00. The SMILES string of the molecule is O=C1/C(=C\c2cc(Br)ccc2OCc2ccccc2)C(c2ccccc2)=NN1c1ccccc1. The summed E-state index contributed by atoms with van der Waals surface area (Å²) < 4.78 is 7.04. The molecule has 0 fully saturated rings. The maximum Gasteiger partial charge on any atom is 0.281 e. The molecule has 4 nitrogen and oxygen atoms in total. The Morgan fingerprint density at radius 1 is 0.824 bits per heavy atom. The van der Waals surface area contributed by atoms with Crippen molar-refractivity contribution in [3.05, 3.63) is 136 Å². The van der Waals surface area contributed by atoms with Crippen molar-refractivity contribution in [2.24, 2.45) is 5.10 Å². The van der Waals surface area contributed by atoms with Crippen molar-refractivity contribution in [3.63, 3.8) is 0 Å². The molecule has 0 atom stereocenters. The number of carbonyl (C=O) groups excluding carboxylic acids is 1. The lowest BCUT2D eigenvalue weighted by molar-refractivity contribution is -0.114. The van der Waals surface area contributed by atoms with E-state index in [2.05, 4.69) is 15.9 Å². The summed E-state index contributed by atoms with van der Waals surface area (Å²) in [6.45, 7) is 0.433. The molecule has 0 unspecified atom stereocenters. The van der Waals surface area contributed by atoms with Gasteiger partial charge in [-0.05, 0) is 42.0 Å². The van der Waals surface area contributed by atoms with Gasteiger partial charge in [-0.3, -0.25) is 4.79 Å². The van der Waals surface area contributed by atoms with Crippen LogP contribution in [0.2, 0.25) is 0 Å². The number of halogens is 1. The summed E-state index contributed by atoms with van der Waals surface area (Å²) in [5.74, 6) is 0.511. The molecule has 0 N–H and O–H groups in total. The molecule has 1 aliphatic rings. The summed E-state index contributed by atoms with van der Waals surface area (Å²) >= 11 is 3.56. The fourth-order valence-electron chi connectivity index (χ4n) is 3.75. The second-order valence-electron chi connectivity index (χ2n) is 7.78. The van der Waals surface area contributed by atoms with Crippen molar-refractivity contribution < 1.29 is 9.53 Å². The minimum Gasteiger partial charge on any atom is -0.488 e. The van der Waals surface area contributed by atoms with Crippen LogP contribution in [0, 0.1) is 0 Å². The van der Waals surface area contributed by atoms with Crippen LogP contribution < -0.4 is 9.75 Å². The topological polar surface area (TPSA) is 41.9 Å². The van der Waals surface area contributed by atoms with E-state index in [0.717, 1.165) is 26.9 Å². The Bertz CT molecular complexity index is 1370. The van der Waals surface area contributed by atoms with Crippen molar-refractivity contribution in [1.82, 2.24) is 0 Å². The monoisotopic (exact) mass is 508 g/mol. The molecule has 5 heteroatoms.